The van der Waals surface area contributed by atoms with Gasteiger partial charge in [0.15, 0.2) is 0 Å². The zero-order valence-corrected chi connectivity index (χ0v) is 16.2. The second kappa shape index (κ2) is 7.13. The summed E-state index contributed by atoms with van der Waals surface area (Å²) in [5, 5.41) is 25.5. The first kappa shape index (κ1) is 21.3. The Morgan fingerprint density at radius 1 is 1.33 bits per heavy atom. The second-order valence-electron chi connectivity index (χ2n) is 6.94. The number of aliphatic hydroxyl groups is 1. The smallest absolute Gasteiger partial charge is 0.359 e. The third-order valence-electron chi connectivity index (χ3n) is 4.70. The van der Waals surface area contributed by atoms with Crippen LogP contribution in [-0.2, 0) is 6.54 Å². The van der Waals surface area contributed by atoms with E-state index in [1.165, 1.54) is 43.7 Å². The average molecular weight is 425 g/mol. The van der Waals surface area contributed by atoms with Gasteiger partial charge in [-0.3, -0.25) is 25.0 Å². The van der Waals surface area contributed by atoms with E-state index in [0.717, 1.165) is 0 Å². The van der Waals surface area contributed by atoms with Crippen molar-refractivity contribution < 1.29 is 28.0 Å². The quantitative estimate of drug-likeness (QED) is 0.575. The molecular weight excluding hydrogens is 407 g/mol. The van der Waals surface area contributed by atoms with Crippen LogP contribution in [0.15, 0.2) is 36.0 Å². The molecular formula is C18H18F3N5O4. The highest BCUT2D eigenvalue weighted by Gasteiger charge is 2.61. The molecule has 1 amide bonds. The van der Waals surface area contributed by atoms with Gasteiger partial charge in [-0.05, 0) is 44.5 Å². The van der Waals surface area contributed by atoms with E-state index in [1.807, 2.05) is 0 Å². The number of aromatic nitrogens is 2. The van der Waals surface area contributed by atoms with Crippen molar-refractivity contribution in [1.29, 1.82) is 0 Å². The van der Waals surface area contributed by atoms with Crippen LogP contribution in [0, 0.1) is 24.0 Å². The molecule has 1 unspecified atom stereocenters. The van der Waals surface area contributed by atoms with E-state index < -0.39 is 22.7 Å². The minimum atomic E-state index is -5.12. The number of halogens is 3. The summed E-state index contributed by atoms with van der Waals surface area (Å²) in [4.78, 5) is 23.3. The highest BCUT2D eigenvalue weighted by molar-refractivity contribution is 5.95. The number of hydrogen-bond acceptors (Lipinski definition) is 6. The molecule has 0 fully saturated rings. The number of allylic oxidation sites excluding steroid dienone is 1. The van der Waals surface area contributed by atoms with E-state index in [0.29, 0.717) is 17.3 Å². The number of alkyl halides is 3. The lowest BCUT2D eigenvalue weighted by atomic mass is 10.1. The molecule has 1 aromatic heterocycles. The molecule has 0 saturated carbocycles. The SMILES string of the molecule is CC1=CC(O)(C(F)(F)F)N(C(=O)c2cccc(Cn3nc(C)c([N+](=O)[O-])c3C)c2)N1. The molecule has 0 bridgehead atoms. The molecule has 30 heavy (non-hydrogen) atoms. The van der Waals surface area contributed by atoms with Crippen LogP contribution >= 0.6 is 0 Å². The summed E-state index contributed by atoms with van der Waals surface area (Å²) in [5.74, 6) is -1.09. The molecule has 1 atom stereocenters. The van der Waals surface area contributed by atoms with E-state index in [1.54, 1.807) is 6.07 Å². The number of nitrogens with zero attached hydrogens (tertiary/aromatic N) is 4. The Hall–Kier alpha value is -3.41. The highest BCUT2D eigenvalue weighted by Crippen LogP contribution is 2.38. The van der Waals surface area contributed by atoms with E-state index >= 15 is 0 Å². The van der Waals surface area contributed by atoms with Crippen LogP contribution in [0.5, 0.6) is 0 Å². The van der Waals surface area contributed by atoms with Gasteiger partial charge in [-0.2, -0.15) is 18.3 Å². The van der Waals surface area contributed by atoms with Gasteiger partial charge in [-0.1, -0.05) is 12.1 Å². The largest absolute Gasteiger partial charge is 0.442 e. The van der Waals surface area contributed by atoms with Gasteiger partial charge in [-0.25, -0.2) is 5.01 Å². The van der Waals surface area contributed by atoms with Crippen molar-refractivity contribution in [2.24, 2.45) is 0 Å². The van der Waals surface area contributed by atoms with Gasteiger partial charge >= 0.3 is 11.9 Å². The van der Waals surface area contributed by atoms with Gasteiger partial charge in [0.1, 0.15) is 11.4 Å². The maximum atomic E-state index is 13.4. The summed E-state index contributed by atoms with van der Waals surface area (Å²) in [5.41, 5.74) is -0.501. The number of hydrazine groups is 1. The van der Waals surface area contributed by atoms with Gasteiger partial charge in [0.05, 0.1) is 11.5 Å². The number of hydrogen-bond donors (Lipinski definition) is 2. The van der Waals surface area contributed by atoms with Gasteiger partial charge in [0.25, 0.3) is 11.6 Å². The first-order chi connectivity index (χ1) is 13.8. The molecule has 0 aliphatic carbocycles. The lowest BCUT2D eigenvalue weighted by molar-refractivity contribution is -0.386. The van der Waals surface area contributed by atoms with Crippen molar-refractivity contribution in [2.75, 3.05) is 0 Å². The molecule has 1 aliphatic heterocycles. The number of nitrogens with one attached hydrogen (secondary N) is 1. The fraction of sp³-hybridized carbons (Fsp3) is 0.333. The first-order valence-electron chi connectivity index (χ1n) is 8.72. The standard InChI is InChI=1S/C18H18F3N5O4/c1-10-8-17(28,18(19,20)21)25(22-10)16(27)14-6-4-5-13(7-14)9-24-12(3)15(26(29)30)11(2)23-24/h4-8,22,28H,9H2,1-3H3. The number of benzene rings is 1. The summed E-state index contributed by atoms with van der Waals surface area (Å²) in [6, 6.07) is 5.72. The Balaban J connectivity index is 1.90. The van der Waals surface area contributed by atoms with Gasteiger partial charge in [0.2, 0.25) is 0 Å². The number of amides is 1. The highest BCUT2D eigenvalue weighted by atomic mass is 19.4. The van der Waals surface area contributed by atoms with Gasteiger partial charge < -0.3 is 5.11 Å². The molecule has 160 valence electrons. The molecule has 2 N–H and O–H groups in total. The average Bonchev–Trinajstić information content (AvgIpc) is 3.10. The zero-order chi connectivity index (χ0) is 22.4. The Morgan fingerprint density at radius 2 is 2.00 bits per heavy atom. The fourth-order valence-electron chi connectivity index (χ4n) is 3.28. The Bertz CT molecular complexity index is 1060. The molecule has 0 saturated heterocycles. The predicted octanol–water partition coefficient (Wildman–Crippen LogP) is 2.57. The van der Waals surface area contributed by atoms with Crippen molar-refractivity contribution in [3.63, 3.8) is 0 Å². The van der Waals surface area contributed by atoms with Gasteiger partial charge in [-0.15, -0.1) is 0 Å². The van der Waals surface area contributed by atoms with Crippen LogP contribution in [0.3, 0.4) is 0 Å². The summed E-state index contributed by atoms with van der Waals surface area (Å²) in [6.07, 6.45) is -4.60. The topological polar surface area (TPSA) is 114 Å². The van der Waals surface area contributed by atoms with E-state index in [9.17, 15) is 33.2 Å². The molecule has 1 aliphatic rings. The molecule has 2 aromatic rings. The second-order valence-corrected chi connectivity index (χ2v) is 6.94. The van der Waals surface area contributed by atoms with E-state index in [-0.39, 0.29) is 34.2 Å². The summed E-state index contributed by atoms with van der Waals surface area (Å²) in [6.45, 7) is 4.37. The van der Waals surface area contributed by atoms with Gasteiger partial charge in [0, 0.05) is 11.3 Å². The van der Waals surface area contributed by atoms with Crippen molar-refractivity contribution in [3.05, 3.63) is 68.7 Å². The fourth-order valence-corrected chi connectivity index (χ4v) is 3.28. The Morgan fingerprint density at radius 3 is 2.57 bits per heavy atom. The van der Waals surface area contributed by atoms with Crippen LogP contribution in [0.25, 0.3) is 0 Å². The van der Waals surface area contributed by atoms with Crippen LogP contribution < -0.4 is 5.43 Å². The molecule has 1 aromatic carbocycles. The van der Waals surface area contributed by atoms with Crippen LogP contribution in [0.2, 0.25) is 0 Å². The minimum absolute atomic E-state index is 0.0331. The Labute approximate surface area is 168 Å². The summed E-state index contributed by atoms with van der Waals surface area (Å²) < 4.78 is 41.5. The van der Waals surface area contributed by atoms with E-state index in [4.69, 9.17) is 0 Å². The normalized spacial score (nSPS) is 18.9. The maximum Gasteiger partial charge on any atom is 0.442 e. The predicted molar refractivity (Wildman–Crippen MR) is 98.0 cm³/mol. The zero-order valence-electron chi connectivity index (χ0n) is 16.2. The third kappa shape index (κ3) is 3.49. The monoisotopic (exact) mass is 425 g/mol. The van der Waals surface area contributed by atoms with Crippen molar-refractivity contribution in [2.45, 2.75) is 39.2 Å². The maximum absolute atomic E-state index is 13.4. The number of rotatable bonds is 4. The molecule has 3 rings (SSSR count). The molecule has 12 heteroatoms. The lowest BCUT2D eigenvalue weighted by Crippen LogP contribution is -2.60. The van der Waals surface area contributed by atoms with Crippen molar-refractivity contribution in [1.82, 2.24) is 20.2 Å². The Kier molecular flexibility index (Phi) is 5.06. The minimum Gasteiger partial charge on any atom is -0.359 e. The summed E-state index contributed by atoms with van der Waals surface area (Å²) >= 11 is 0. The molecule has 0 radical (unpaired) electrons. The number of nitro groups is 1. The van der Waals surface area contributed by atoms with Crippen molar-refractivity contribution >= 4 is 11.6 Å². The molecule has 0 spiro atoms. The first-order valence-corrected chi connectivity index (χ1v) is 8.72. The van der Waals surface area contributed by atoms with Crippen LogP contribution in [0.4, 0.5) is 18.9 Å². The number of carbonyl (C=O) groups excluding carboxylic acids is 1. The van der Waals surface area contributed by atoms with Crippen LogP contribution in [-0.4, -0.2) is 42.6 Å². The number of carbonyl (C=O) groups is 1. The third-order valence-corrected chi connectivity index (χ3v) is 4.70. The van der Waals surface area contributed by atoms with Crippen molar-refractivity contribution in [3.8, 4) is 0 Å². The lowest BCUT2D eigenvalue weighted by Gasteiger charge is -2.33. The van der Waals surface area contributed by atoms with Crippen LogP contribution in [0.1, 0.15) is 34.2 Å². The molecule has 2 heterocycles. The van der Waals surface area contributed by atoms with E-state index in [2.05, 4.69) is 10.5 Å². The summed E-state index contributed by atoms with van der Waals surface area (Å²) in [7, 11) is 0. The number of aryl methyl sites for hydroxylation is 1. The molecule has 9 nitrogen and oxygen atoms in total.